The predicted octanol–water partition coefficient (Wildman–Crippen LogP) is 5.67. The van der Waals surface area contributed by atoms with Crippen LogP contribution in [0, 0.1) is 29.1 Å². The van der Waals surface area contributed by atoms with Crippen LogP contribution < -0.4 is 4.74 Å². The van der Waals surface area contributed by atoms with Gasteiger partial charge in [-0.15, -0.1) is 0 Å². The van der Waals surface area contributed by atoms with Crippen LogP contribution in [0.4, 0.5) is 43.9 Å². The molecule has 0 N–H and O–H groups in total. The predicted molar refractivity (Wildman–Crippen MR) is 63.3 cm³/mol. The van der Waals surface area contributed by atoms with Crippen molar-refractivity contribution >= 4 is 0 Å². The molecule has 0 spiro atoms. The summed E-state index contributed by atoms with van der Waals surface area (Å²) in [5, 5.41) is 0. The molecule has 0 saturated carbocycles. The van der Waals surface area contributed by atoms with Gasteiger partial charge in [-0.3, -0.25) is 0 Å². The molecule has 2 aromatic rings. The molecule has 0 fully saturated rings. The van der Waals surface area contributed by atoms with Crippen LogP contribution in [0.25, 0.3) is 11.1 Å². The van der Waals surface area contributed by atoms with Crippen molar-refractivity contribution in [2.24, 2.45) is 0 Å². The second kappa shape index (κ2) is 6.45. The van der Waals surface area contributed by atoms with E-state index < -0.39 is 64.3 Å². The molecular formula is C14H4F10O. The summed E-state index contributed by atoms with van der Waals surface area (Å²) >= 11 is 0. The first-order valence-corrected chi connectivity index (χ1v) is 6.13. The van der Waals surface area contributed by atoms with E-state index in [-0.39, 0.29) is 12.1 Å². The molecular weight excluding hydrogens is 374 g/mol. The van der Waals surface area contributed by atoms with Gasteiger partial charge in [0.05, 0.1) is 11.1 Å². The van der Waals surface area contributed by atoms with Gasteiger partial charge >= 0.3 is 12.8 Å². The molecule has 2 aromatic carbocycles. The monoisotopic (exact) mass is 378 g/mol. The van der Waals surface area contributed by atoms with Crippen molar-refractivity contribution in [2.75, 3.05) is 0 Å². The Balaban J connectivity index is 2.80. The van der Waals surface area contributed by atoms with E-state index in [4.69, 9.17) is 0 Å². The van der Waals surface area contributed by atoms with Crippen molar-refractivity contribution < 1.29 is 48.6 Å². The van der Waals surface area contributed by atoms with Crippen molar-refractivity contribution in [1.82, 2.24) is 0 Å². The third-order valence-corrected chi connectivity index (χ3v) is 3.00. The van der Waals surface area contributed by atoms with E-state index in [0.29, 0.717) is 6.07 Å². The number of hydrogen-bond donors (Lipinski definition) is 0. The van der Waals surface area contributed by atoms with Gasteiger partial charge in [0, 0.05) is 5.56 Å². The zero-order chi connectivity index (χ0) is 19.1. The zero-order valence-electron chi connectivity index (χ0n) is 11.5. The summed E-state index contributed by atoms with van der Waals surface area (Å²) in [6, 6.07) is 0.688. The highest BCUT2D eigenvalue weighted by molar-refractivity contribution is 5.70. The second-order valence-corrected chi connectivity index (χ2v) is 4.53. The van der Waals surface area contributed by atoms with Crippen LogP contribution in [-0.4, -0.2) is 6.61 Å². The first kappa shape index (κ1) is 18.9. The summed E-state index contributed by atoms with van der Waals surface area (Å²) in [7, 11) is 0. The van der Waals surface area contributed by atoms with E-state index in [0.717, 1.165) is 0 Å². The van der Waals surface area contributed by atoms with Crippen LogP contribution in [0.15, 0.2) is 18.2 Å². The minimum atomic E-state index is -5.36. The average Bonchev–Trinajstić information content (AvgIpc) is 2.51. The fourth-order valence-electron chi connectivity index (χ4n) is 1.99. The fraction of sp³-hybridized carbons (Fsp3) is 0.143. The lowest BCUT2D eigenvalue weighted by Crippen LogP contribution is -2.12. The fourth-order valence-corrected chi connectivity index (χ4v) is 1.99. The summed E-state index contributed by atoms with van der Waals surface area (Å²) in [6.07, 6.45) is -5.36. The van der Waals surface area contributed by atoms with Crippen molar-refractivity contribution in [3.8, 4) is 16.9 Å². The van der Waals surface area contributed by atoms with Crippen LogP contribution in [0.2, 0.25) is 0 Å². The molecule has 0 aromatic heterocycles. The lowest BCUT2D eigenvalue weighted by molar-refractivity contribution is -0.137. The highest BCUT2D eigenvalue weighted by Crippen LogP contribution is 2.42. The number of alkyl halides is 5. The molecule has 0 aliphatic carbocycles. The first-order valence-electron chi connectivity index (χ1n) is 6.13. The average molecular weight is 378 g/mol. The Morgan fingerprint density at radius 3 is 1.68 bits per heavy atom. The number of hydrogen-bond acceptors (Lipinski definition) is 1. The third kappa shape index (κ3) is 3.49. The maximum absolute atomic E-state index is 13.7. The molecule has 0 atom stereocenters. The van der Waals surface area contributed by atoms with E-state index in [1.807, 2.05) is 0 Å². The molecule has 0 heterocycles. The summed E-state index contributed by atoms with van der Waals surface area (Å²) < 4.78 is 134. The van der Waals surface area contributed by atoms with Gasteiger partial charge in [-0.2, -0.15) is 22.0 Å². The zero-order valence-corrected chi connectivity index (χ0v) is 11.5. The lowest BCUT2D eigenvalue weighted by Gasteiger charge is -2.16. The van der Waals surface area contributed by atoms with E-state index >= 15 is 0 Å². The van der Waals surface area contributed by atoms with Gasteiger partial charge in [0.1, 0.15) is 5.75 Å². The highest BCUT2D eigenvalue weighted by Gasteiger charge is 2.37. The van der Waals surface area contributed by atoms with Gasteiger partial charge in [-0.1, -0.05) is 0 Å². The number of rotatable bonds is 3. The largest absolute Gasteiger partial charge is 0.435 e. The number of halogens is 10. The molecule has 0 bridgehead atoms. The Hall–Kier alpha value is -2.46. The smallest absolute Gasteiger partial charge is 0.417 e. The SMILES string of the molecule is Fc1c(F)c(F)c(-c2ccc(OC(F)F)cc2C(F)(F)F)c(F)c1F. The highest BCUT2D eigenvalue weighted by atomic mass is 19.4. The number of ether oxygens (including phenoxy) is 1. The molecule has 0 radical (unpaired) electrons. The maximum Gasteiger partial charge on any atom is 0.417 e. The van der Waals surface area contributed by atoms with Crippen molar-refractivity contribution in [2.45, 2.75) is 12.8 Å². The normalized spacial score (nSPS) is 12.0. The van der Waals surface area contributed by atoms with Gasteiger partial charge in [-0.25, -0.2) is 22.0 Å². The maximum atomic E-state index is 13.7. The summed E-state index contributed by atoms with van der Waals surface area (Å²) in [5.41, 5.74) is -5.19. The molecule has 0 unspecified atom stereocenters. The molecule has 11 heteroatoms. The third-order valence-electron chi connectivity index (χ3n) is 3.00. The minimum absolute atomic E-state index is 0.0421. The number of benzene rings is 2. The van der Waals surface area contributed by atoms with Crippen molar-refractivity contribution in [3.63, 3.8) is 0 Å². The molecule has 0 aliphatic heterocycles. The van der Waals surface area contributed by atoms with Gasteiger partial charge in [-0.05, 0) is 18.2 Å². The molecule has 25 heavy (non-hydrogen) atoms. The Labute approximate surface area is 132 Å². The lowest BCUT2D eigenvalue weighted by atomic mass is 9.97. The van der Waals surface area contributed by atoms with Gasteiger partial charge < -0.3 is 4.74 Å². The van der Waals surface area contributed by atoms with Crippen LogP contribution >= 0.6 is 0 Å². The van der Waals surface area contributed by atoms with Crippen molar-refractivity contribution in [1.29, 1.82) is 0 Å². The minimum Gasteiger partial charge on any atom is -0.435 e. The van der Waals surface area contributed by atoms with E-state index in [2.05, 4.69) is 4.74 Å². The Kier molecular flexibility index (Phi) is 4.87. The standard InChI is InChI=1S/C14H4F10O/c15-8-7(9(16)11(18)12(19)10(8)17)5-2-1-4(25-13(20)21)3-6(5)14(22,23)24/h1-3,13H. The van der Waals surface area contributed by atoms with E-state index in [1.54, 1.807) is 0 Å². The van der Waals surface area contributed by atoms with Gasteiger partial charge in [0.15, 0.2) is 23.3 Å². The first-order chi connectivity index (χ1) is 11.4. The van der Waals surface area contributed by atoms with E-state index in [1.165, 1.54) is 0 Å². The van der Waals surface area contributed by atoms with Crippen LogP contribution in [0.3, 0.4) is 0 Å². The Morgan fingerprint density at radius 2 is 1.24 bits per heavy atom. The Morgan fingerprint density at radius 1 is 0.760 bits per heavy atom. The van der Waals surface area contributed by atoms with Gasteiger partial charge in [0.25, 0.3) is 0 Å². The molecule has 0 saturated heterocycles. The van der Waals surface area contributed by atoms with Crippen LogP contribution in [-0.2, 0) is 6.18 Å². The summed E-state index contributed by atoms with van der Waals surface area (Å²) in [5.74, 6) is -13.5. The molecule has 2 rings (SSSR count). The topological polar surface area (TPSA) is 9.23 Å². The molecule has 0 aliphatic rings. The van der Waals surface area contributed by atoms with Gasteiger partial charge in [0.2, 0.25) is 5.82 Å². The molecule has 1 nitrogen and oxygen atoms in total. The van der Waals surface area contributed by atoms with Crippen LogP contribution in [0.5, 0.6) is 5.75 Å². The van der Waals surface area contributed by atoms with E-state index in [9.17, 15) is 43.9 Å². The quantitative estimate of drug-likeness (QED) is 0.380. The Bertz CT molecular complexity index is 783. The molecule has 136 valence electrons. The van der Waals surface area contributed by atoms with Crippen LogP contribution in [0.1, 0.15) is 5.56 Å². The second-order valence-electron chi connectivity index (χ2n) is 4.53. The summed E-state index contributed by atoms with van der Waals surface area (Å²) in [6.45, 7) is -3.50. The summed E-state index contributed by atoms with van der Waals surface area (Å²) in [4.78, 5) is 0. The molecule has 0 amide bonds. The van der Waals surface area contributed by atoms with Crippen molar-refractivity contribution in [3.05, 3.63) is 52.8 Å².